The van der Waals surface area contributed by atoms with Crippen LogP contribution in [0.25, 0.3) is 0 Å². The van der Waals surface area contributed by atoms with Crippen molar-refractivity contribution >= 4 is 0 Å². The van der Waals surface area contributed by atoms with Crippen molar-refractivity contribution in [2.75, 3.05) is 0 Å². The molecule has 1 heteroatoms. The van der Waals surface area contributed by atoms with Crippen LogP contribution in [0.5, 0.6) is 0 Å². The van der Waals surface area contributed by atoms with E-state index in [9.17, 15) is 0 Å². The lowest BCUT2D eigenvalue weighted by molar-refractivity contribution is 0.219. The Morgan fingerprint density at radius 3 is 2.69 bits per heavy atom. The molecule has 1 nitrogen and oxygen atoms in total. The van der Waals surface area contributed by atoms with Crippen LogP contribution in [0.3, 0.4) is 0 Å². The Morgan fingerprint density at radius 2 is 2.12 bits per heavy atom. The average Bonchev–Trinajstić information content (AvgIpc) is 2.38. The molecule has 0 radical (unpaired) electrons. The van der Waals surface area contributed by atoms with Crippen LogP contribution in [-0.4, -0.2) is 0 Å². The molecular weight excluding hydrogens is 194 g/mol. The largest absolute Gasteiger partial charge is 0.402 e. The van der Waals surface area contributed by atoms with Crippen LogP contribution in [-0.2, 0) is 0 Å². The van der Waals surface area contributed by atoms with Crippen LogP contribution < -0.4 is 5.73 Å². The third-order valence-corrected chi connectivity index (χ3v) is 4.14. The zero-order valence-electron chi connectivity index (χ0n) is 11.6. The molecule has 96 valence electrons. The number of hydrogen-bond donors (Lipinski definition) is 1. The Kier molecular flexibility index (Phi) is 4.89. The second-order valence-electron chi connectivity index (χ2n) is 6.33. The maximum Gasteiger partial charge on any atom is 0.00686 e. The molecule has 0 amide bonds. The van der Waals surface area contributed by atoms with Gasteiger partial charge < -0.3 is 5.73 Å². The Balaban J connectivity index is 0.00000256. The fourth-order valence-electron chi connectivity index (χ4n) is 3.33. The molecular formula is C15H31N. The Morgan fingerprint density at radius 1 is 1.44 bits per heavy atom. The molecule has 0 aromatic heterocycles. The van der Waals surface area contributed by atoms with Crippen molar-refractivity contribution in [1.82, 2.24) is 0 Å². The zero-order valence-corrected chi connectivity index (χ0v) is 11.6. The van der Waals surface area contributed by atoms with Crippen LogP contribution in [0.15, 0.2) is 11.8 Å². The highest BCUT2D eigenvalue weighted by Gasteiger charge is 2.29. The average molecular weight is 225 g/mol. The van der Waals surface area contributed by atoms with Gasteiger partial charge in [-0.25, -0.2) is 0 Å². The summed E-state index contributed by atoms with van der Waals surface area (Å²) in [5.41, 5.74) is 7.75. The van der Waals surface area contributed by atoms with E-state index in [4.69, 9.17) is 5.73 Å². The van der Waals surface area contributed by atoms with Gasteiger partial charge in [-0.1, -0.05) is 33.3 Å². The van der Waals surface area contributed by atoms with Gasteiger partial charge in [-0.15, -0.1) is 0 Å². The molecule has 2 unspecified atom stereocenters. The second-order valence-corrected chi connectivity index (χ2v) is 6.33. The summed E-state index contributed by atoms with van der Waals surface area (Å²) in [6, 6.07) is 0. The first-order valence-corrected chi connectivity index (χ1v) is 6.88. The third-order valence-electron chi connectivity index (χ3n) is 4.14. The summed E-state index contributed by atoms with van der Waals surface area (Å²) in [6.45, 7) is 9.22. The van der Waals surface area contributed by atoms with Crippen LogP contribution in [0.4, 0.5) is 0 Å². The van der Waals surface area contributed by atoms with E-state index >= 15 is 0 Å². The van der Waals surface area contributed by atoms with E-state index in [-0.39, 0.29) is 1.43 Å². The first-order valence-electron chi connectivity index (χ1n) is 6.88. The minimum absolute atomic E-state index is 0. The first kappa shape index (κ1) is 13.6. The van der Waals surface area contributed by atoms with Gasteiger partial charge in [0.2, 0.25) is 0 Å². The van der Waals surface area contributed by atoms with Crippen molar-refractivity contribution in [3.8, 4) is 0 Å². The molecule has 0 bridgehead atoms. The quantitative estimate of drug-likeness (QED) is 0.691. The van der Waals surface area contributed by atoms with Gasteiger partial charge in [-0.05, 0) is 56.3 Å². The molecule has 0 aromatic carbocycles. The first-order chi connectivity index (χ1) is 7.47. The second kappa shape index (κ2) is 5.75. The van der Waals surface area contributed by atoms with Crippen molar-refractivity contribution in [2.24, 2.45) is 23.0 Å². The smallest absolute Gasteiger partial charge is 0.00686 e. The molecule has 0 saturated heterocycles. The van der Waals surface area contributed by atoms with E-state index in [1.54, 1.807) is 0 Å². The van der Waals surface area contributed by atoms with Crippen molar-refractivity contribution in [2.45, 2.75) is 66.2 Å². The van der Waals surface area contributed by atoms with Gasteiger partial charge in [-0.2, -0.15) is 0 Å². The van der Waals surface area contributed by atoms with Crippen LogP contribution in [0, 0.1) is 17.3 Å². The molecule has 1 rings (SSSR count). The minimum Gasteiger partial charge on any atom is -0.402 e. The zero-order chi connectivity index (χ0) is 12.2. The molecule has 0 spiro atoms. The highest BCUT2D eigenvalue weighted by atomic mass is 14.6. The van der Waals surface area contributed by atoms with Gasteiger partial charge >= 0.3 is 0 Å². The molecule has 1 aliphatic carbocycles. The molecule has 2 atom stereocenters. The maximum atomic E-state index is 6.07. The lowest BCUT2D eigenvalue weighted by Gasteiger charge is -2.30. The van der Waals surface area contributed by atoms with Crippen LogP contribution >= 0.6 is 0 Å². The minimum atomic E-state index is 0. The predicted octanol–water partition coefficient (Wildman–Crippen LogP) is 4.73. The van der Waals surface area contributed by atoms with E-state index < -0.39 is 0 Å². The van der Waals surface area contributed by atoms with Gasteiger partial charge in [0.1, 0.15) is 0 Å². The van der Waals surface area contributed by atoms with Gasteiger partial charge in [0.25, 0.3) is 0 Å². The molecule has 16 heavy (non-hydrogen) atoms. The molecule has 0 aromatic rings. The van der Waals surface area contributed by atoms with Gasteiger partial charge in [0.05, 0.1) is 0 Å². The number of nitrogens with two attached hydrogens (primary N) is 1. The SMILES string of the molecule is C/C=C(/N)C1CCCC(C)(CC(C)C)CC1.[HH]. The predicted molar refractivity (Wildman–Crippen MR) is 74.2 cm³/mol. The molecule has 0 heterocycles. The molecule has 1 saturated carbocycles. The summed E-state index contributed by atoms with van der Waals surface area (Å²) < 4.78 is 0. The summed E-state index contributed by atoms with van der Waals surface area (Å²) in [4.78, 5) is 0. The highest BCUT2D eigenvalue weighted by Crippen LogP contribution is 2.42. The monoisotopic (exact) mass is 225 g/mol. The molecule has 0 aliphatic heterocycles. The van der Waals surface area contributed by atoms with Crippen molar-refractivity contribution in [1.29, 1.82) is 0 Å². The summed E-state index contributed by atoms with van der Waals surface area (Å²) >= 11 is 0. The Bertz CT molecular complexity index is 247. The van der Waals surface area contributed by atoms with Crippen LogP contribution in [0.1, 0.15) is 67.6 Å². The Hall–Kier alpha value is -0.460. The number of hydrogen-bond acceptors (Lipinski definition) is 1. The summed E-state index contributed by atoms with van der Waals surface area (Å²) in [5.74, 6) is 1.47. The standard InChI is InChI=1S/C15H29N.H2/c1-5-14(16)13-7-6-9-15(4,10-8-13)11-12(2)3;/h5,12-13H,6-11,16H2,1-4H3;1H/b14-5+;. The van der Waals surface area contributed by atoms with Crippen molar-refractivity contribution in [3.63, 3.8) is 0 Å². The highest BCUT2D eigenvalue weighted by molar-refractivity contribution is 5.01. The fraction of sp³-hybridized carbons (Fsp3) is 0.867. The van der Waals surface area contributed by atoms with Crippen LogP contribution in [0.2, 0.25) is 0 Å². The fourth-order valence-corrected chi connectivity index (χ4v) is 3.33. The van der Waals surface area contributed by atoms with Crippen molar-refractivity contribution < 1.29 is 1.43 Å². The van der Waals surface area contributed by atoms with Gasteiger partial charge in [0, 0.05) is 7.12 Å². The summed E-state index contributed by atoms with van der Waals surface area (Å²) in [7, 11) is 0. The molecule has 2 N–H and O–H groups in total. The number of rotatable bonds is 3. The van der Waals surface area contributed by atoms with E-state index in [1.807, 2.05) is 0 Å². The Labute approximate surface area is 103 Å². The molecule has 1 aliphatic rings. The normalized spacial score (nSPS) is 32.8. The van der Waals surface area contributed by atoms with E-state index in [0.717, 1.165) is 11.6 Å². The lowest BCUT2D eigenvalue weighted by atomic mass is 9.76. The maximum absolute atomic E-state index is 6.07. The lowest BCUT2D eigenvalue weighted by Crippen LogP contribution is -2.18. The summed E-state index contributed by atoms with van der Waals surface area (Å²) in [5, 5.41) is 0. The third kappa shape index (κ3) is 3.84. The topological polar surface area (TPSA) is 26.0 Å². The number of allylic oxidation sites excluding steroid dienone is 2. The van der Waals surface area contributed by atoms with E-state index in [2.05, 4.69) is 33.8 Å². The van der Waals surface area contributed by atoms with E-state index in [0.29, 0.717) is 11.3 Å². The summed E-state index contributed by atoms with van der Waals surface area (Å²) in [6.07, 6.45) is 10.1. The van der Waals surface area contributed by atoms with Gasteiger partial charge in [-0.3, -0.25) is 0 Å². The molecule has 1 fully saturated rings. The van der Waals surface area contributed by atoms with E-state index in [1.165, 1.54) is 38.5 Å². The van der Waals surface area contributed by atoms with Crippen molar-refractivity contribution in [3.05, 3.63) is 11.8 Å². The van der Waals surface area contributed by atoms with Gasteiger partial charge in [0.15, 0.2) is 0 Å².